The Hall–Kier alpha value is -3.03. The summed E-state index contributed by atoms with van der Waals surface area (Å²) in [5, 5.41) is 2.87. The predicted octanol–water partition coefficient (Wildman–Crippen LogP) is 3.64. The standard InChI is InChI=1S/C18H15F3N2O3/c1-11-2-6-13(7-3-11)23-16(24)10-15(17(23)25)22-12-4-8-14(9-5-12)26-18(19,20)21/h2-9,15,22H,10H2,1H3/t15-/m1/s1. The molecule has 5 nitrogen and oxygen atoms in total. The van der Waals surface area contributed by atoms with Gasteiger partial charge in [0.15, 0.2) is 0 Å². The van der Waals surface area contributed by atoms with Gasteiger partial charge in [-0.2, -0.15) is 0 Å². The summed E-state index contributed by atoms with van der Waals surface area (Å²) in [7, 11) is 0. The maximum Gasteiger partial charge on any atom is 0.573 e. The number of aryl methyl sites for hydroxylation is 1. The number of benzene rings is 2. The highest BCUT2D eigenvalue weighted by Gasteiger charge is 2.39. The largest absolute Gasteiger partial charge is 0.573 e. The number of hydrogen-bond donors (Lipinski definition) is 1. The Bertz CT molecular complexity index is 817. The Labute approximate surface area is 147 Å². The van der Waals surface area contributed by atoms with Crippen LogP contribution in [0.1, 0.15) is 12.0 Å². The second-order valence-electron chi connectivity index (χ2n) is 5.88. The van der Waals surface area contributed by atoms with Crippen molar-refractivity contribution in [2.75, 3.05) is 10.2 Å². The van der Waals surface area contributed by atoms with Gasteiger partial charge in [0.25, 0.3) is 5.91 Å². The molecule has 8 heteroatoms. The molecule has 136 valence electrons. The van der Waals surface area contributed by atoms with E-state index in [4.69, 9.17) is 0 Å². The van der Waals surface area contributed by atoms with Gasteiger partial charge in [0, 0.05) is 5.69 Å². The minimum atomic E-state index is -4.77. The number of carbonyl (C=O) groups is 2. The first-order valence-electron chi connectivity index (χ1n) is 7.79. The SMILES string of the molecule is Cc1ccc(N2C(=O)C[C@@H](Nc3ccc(OC(F)(F)F)cc3)C2=O)cc1. The van der Waals surface area contributed by atoms with Gasteiger partial charge < -0.3 is 10.1 Å². The Balaban J connectivity index is 1.70. The number of amides is 2. The van der Waals surface area contributed by atoms with E-state index in [-0.39, 0.29) is 18.1 Å². The molecule has 0 aliphatic carbocycles. The molecule has 0 radical (unpaired) electrons. The first kappa shape index (κ1) is 17.8. The van der Waals surface area contributed by atoms with Gasteiger partial charge >= 0.3 is 6.36 Å². The number of carbonyl (C=O) groups excluding carboxylic acids is 2. The zero-order chi connectivity index (χ0) is 18.9. The van der Waals surface area contributed by atoms with Crippen LogP contribution in [0.5, 0.6) is 5.75 Å². The van der Waals surface area contributed by atoms with Gasteiger partial charge in [-0.1, -0.05) is 17.7 Å². The second kappa shape index (κ2) is 6.70. The van der Waals surface area contributed by atoms with E-state index in [9.17, 15) is 22.8 Å². The van der Waals surface area contributed by atoms with E-state index in [1.807, 2.05) is 6.92 Å². The van der Waals surface area contributed by atoms with Crippen molar-refractivity contribution in [1.82, 2.24) is 0 Å². The van der Waals surface area contributed by atoms with E-state index in [0.717, 1.165) is 22.6 Å². The summed E-state index contributed by atoms with van der Waals surface area (Å²) < 4.78 is 40.3. The molecule has 2 aromatic carbocycles. The van der Waals surface area contributed by atoms with Crippen molar-refractivity contribution in [3.63, 3.8) is 0 Å². The lowest BCUT2D eigenvalue weighted by molar-refractivity contribution is -0.274. The molecule has 1 saturated heterocycles. The predicted molar refractivity (Wildman–Crippen MR) is 88.8 cm³/mol. The molecule has 0 aromatic heterocycles. The number of nitrogens with zero attached hydrogens (tertiary/aromatic N) is 1. The number of alkyl halides is 3. The van der Waals surface area contributed by atoms with Crippen LogP contribution in [0.2, 0.25) is 0 Å². The molecule has 0 spiro atoms. The maximum atomic E-state index is 12.5. The summed E-state index contributed by atoms with van der Waals surface area (Å²) in [6, 6.07) is 11.2. The van der Waals surface area contributed by atoms with Crippen molar-refractivity contribution < 1.29 is 27.5 Å². The quantitative estimate of drug-likeness (QED) is 0.842. The maximum absolute atomic E-state index is 12.5. The third-order valence-corrected chi connectivity index (χ3v) is 3.87. The van der Waals surface area contributed by atoms with E-state index in [0.29, 0.717) is 11.4 Å². The van der Waals surface area contributed by atoms with Gasteiger partial charge in [0.2, 0.25) is 5.91 Å². The molecule has 1 aliphatic heterocycles. The molecule has 0 saturated carbocycles. The van der Waals surface area contributed by atoms with Crippen LogP contribution in [0, 0.1) is 6.92 Å². The summed E-state index contributed by atoms with van der Waals surface area (Å²) in [6.45, 7) is 1.90. The van der Waals surface area contributed by atoms with E-state index < -0.39 is 18.3 Å². The van der Waals surface area contributed by atoms with Crippen molar-refractivity contribution in [2.24, 2.45) is 0 Å². The van der Waals surface area contributed by atoms with Crippen molar-refractivity contribution in [2.45, 2.75) is 25.7 Å². The van der Waals surface area contributed by atoms with Crippen molar-refractivity contribution in [1.29, 1.82) is 0 Å². The number of halogens is 3. The summed E-state index contributed by atoms with van der Waals surface area (Å²) >= 11 is 0. The molecule has 0 bridgehead atoms. The van der Waals surface area contributed by atoms with Crippen LogP contribution in [0.15, 0.2) is 48.5 Å². The average molecular weight is 364 g/mol. The monoisotopic (exact) mass is 364 g/mol. The normalized spacial score (nSPS) is 17.5. The molecule has 1 fully saturated rings. The minimum Gasteiger partial charge on any atom is -0.406 e. The first-order chi connectivity index (χ1) is 12.2. The third kappa shape index (κ3) is 3.96. The second-order valence-corrected chi connectivity index (χ2v) is 5.88. The Morgan fingerprint density at radius 1 is 1.04 bits per heavy atom. The van der Waals surface area contributed by atoms with E-state index in [1.54, 1.807) is 24.3 Å². The van der Waals surface area contributed by atoms with E-state index in [1.165, 1.54) is 12.1 Å². The van der Waals surface area contributed by atoms with Crippen molar-refractivity contribution >= 4 is 23.2 Å². The highest BCUT2D eigenvalue weighted by Crippen LogP contribution is 2.27. The van der Waals surface area contributed by atoms with Crippen LogP contribution in [-0.2, 0) is 9.59 Å². The number of nitrogens with one attached hydrogen (secondary N) is 1. The Morgan fingerprint density at radius 3 is 2.23 bits per heavy atom. The van der Waals surface area contributed by atoms with Crippen LogP contribution < -0.4 is 15.0 Å². The number of anilines is 2. The van der Waals surface area contributed by atoms with Gasteiger partial charge in [-0.05, 0) is 43.3 Å². The lowest BCUT2D eigenvalue weighted by Gasteiger charge is -2.16. The molecule has 3 rings (SSSR count). The number of rotatable bonds is 4. The first-order valence-corrected chi connectivity index (χ1v) is 7.79. The number of hydrogen-bond acceptors (Lipinski definition) is 4. The van der Waals surface area contributed by atoms with Crippen molar-refractivity contribution in [3.05, 3.63) is 54.1 Å². The van der Waals surface area contributed by atoms with Crippen molar-refractivity contribution in [3.8, 4) is 5.75 Å². The highest BCUT2D eigenvalue weighted by atomic mass is 19.4. The van der Waals surface area contributed by atoms with Gasteiger partial charge in [-0.3, -0.25) is 9.59 Å². The van der Waals surface area contributed by atoms with Gasteiger partial charge in [-0.15, -0.1) is 13.2 Å². The Kier molecular flexibility index (Phi) is 4.58. The molecule has 0 unspecified atom stereocenters. The highest BCUT2D eigenvalue weighted by molar-refractivity contribution is 6.23. The van der Waals surface area contributed by atoms with Crippen LogP contribution in [-0.4, -0.2) is 24.2 Å². The van der Waals surface area contributed by atoms with Crippen LogP contribution >= 0.6 is 0 Å². The Morgan fingerprint density at radius 2 is 1.65 bits per heavy atom. The fourth-order valence-corrected chi connectivity index (χ4v) is 2.66. The smallest absolute Gasteiger partial charge is 0.406 e. The molecular formula is C18H15F3N2O3. The topological polar surface area (TPSA) is 58.6 Å². The van der Waals surface area contributed by atoms with Crippen LogP contribution in [0.4, 0.5) is 24.5 Å². The van der Waals surface area contributed by atoms with Crippen LogP contribution in [0.25, 0.3) is 0 Å². The van der Waals surface area contributed by atoms with E-state index in [2.05, 4.69) is 10.1 Å². The van der Waals surface area contributed by atoms with E-state index >= 15 is 0 Å². The summed E-state index contributed by atoms with van der Waals surface area (Å²) in [4.78, 5) is 25.8. The lowest BCUT2D eigenvalue weighted by Crippen LogP contribution is -2.34. The summed E-state index contributed by atoms with van der Waals surface area (Å²) in [5.74, 6) is -1.11. The molecule has 26 heavy (non-hydrogen) atoms. The molecule has 1 atom stereocenters. The molecule has 1 N–H and O–H groups in total. The zero-order valence-corrected chi connectivity index (χ0v) is 13.7. The average Bonchev–Trinajstić information content (AvgIpc) is 2.83. The fraction of sp³-hybridized carbons (Fsp3) is 0.222. The molecule has 1 heterocycles. The van der Waals surface area contributed by atoms with Gasteiger partial charge in [0.1, 0.15) is 11.8 Å². The summed E-state index contributed by atoms with van der Waals surface area (Å²) in [5.41, 5.74) is 1.91. The molecular weight excluding hydrogens is 349 g/mol. The minimum absolute atomic E-state index is 0.0342. The van der Waals surface area contributed by atoms with Gasteiger partial charge in [0.05, 0.1) is 12.1 Å². The lowest BCUT2D eigenvalue weighted by atomic mass is 10.2. The number of imide groups is 1. The molecule has 2 aromatic rings. The summed E-state index contributed by atoms with van der Waals surface area (Å²) in [6.07, 6.45) is -4.80. The van der Waals surface area contributed by atoms with Gasteiger partial charge in [-0.25, -0.2) is 4.90 Å². The fourth-order valence-electron chi connectivity index (χ4n) is 2.66. The molecule has 1 aliphatic rings. The zero-order valence-electron chi connectivity index (χ0n) is 13.7. The molecule has 2 amide bonds. The number of ether oxygens (including phenoxy) is 1. The third-order valence-electron chi connectivity index (χ3n) is 3.87. The van der Waals surface area contributed by atoms with Crippen LogP contribution in [0.3, 0.4) is 0 Å².